The van der Waals surface area contributed by atoms with Gasteiger partial charge in [0.1, 0.15) is 11.8 Å². The Morgan fingerprint density at radius 3 is 2.67 bits per heavy atom. The van der Waals surface area contributed by atoms with Crippen molar-refractivity contribution in [3.8, 4) is 5.75 Å². The Morgan fingerprint density at radius 1 is 1.39 bits per heavy atom. The summed E-state index contributed by atoms with van der Waals surface area (Å²) in [6.07, 6.45) is 0. The predicted molar refractivity (Wildman–Crippen MR) is 68.4 cm³/mol. The molecule has 0 unspecified atom stereocenters. The van der Waals surface area contributed by atoms with Crippen LogP contribution in [0, 0.1) is 0 Å². The second kappa shape index (κ2) is 6.48. The summed E-state index contributed by atoms with van der Waals surface area (Å²) in [5.41, 5.74) is 5.57. The summed E-state index contributed by atoms with van der Waals surface area (Å²) >= 11 is 0. The van der Waals surface area contributed by atoms with Gasteiger partial charge in [0, 0.05) is 0 Å². The molecule has 1 atom stereocenters. The molecule has 18 heavy (non-hydrogen) atoms. The van der Waals surface area contributed by atoms with E-state index in [1.54, 1.807) is 19.1 Å². The van der Waals surface area contributed by atoms with Crippen molar-refractivity contribution in [2.24, 2.45) is 5.73 Å². The number of primary amides is 1. The lowest BCUT2D eigenvalue weighted by molar-refractivity contribution is -0.120. The number of nitrogens with one attached hydrogen (secondary N) is 2. The summed E-state index contributed by atoms with van der Waals surface area (Å²) in [4.78, 5) is 22.1. The first kappa shape index (κ1) is 13.8. The molecule has 98 valence electrons. The molecule has 0 radical (unpaired) electrons. The number of nitrogens with two attached hydrogens (primary N) is 1. The highest BCUT2D eigenvalue weighted by Gasteiger charge is 2.15. The minimum atomic E-state index is -0.869. The van der Waals surface area contributed by atoms with Gasteiger partial charge in [0.05, 0.1) is 12.3 Å². The van der Waals surface area contributed by atoms with Crippen LogP contribution in [0.5, 0.6) is 5.75 Å². The SMILES string of the molecule is CCOc1ccccc1N[C@H](C)C(=O)NC(N)=O. The van der Waals surface area contributed by atoms with Gasteiger partial charge in [-0.05, 0) is 26.0 Å². The van der Waals surface area contributed by atoms with Crippen molar-refractivity contribution in [3.05, 3.63) is 24.3 Å². The zero-order chi connectivity index (χ0) is 13.5. The van der Waals surface area contributed by atoms with Crippen molar-refractivity contribution in [3.63, 3.8) is 0 Å². The van der Waals surface area contributed by atoms with Crippen molar-refractivity contribution in [1.82, 2.24) is 5.32 Å². The maximum Gasteiger partial charge on any atom is 0.318 e. The van der Waals surface area contributed by atoms with Crippen LogP contribution in [0.25, 0.3) is 0 Å². The molecule has 4 N–H and O–H groups in total. The zero-order valence-corrected chi connectivity index (χ0v) is 10.4. The Kier molecular flexibility index (Phi) is 4.98. The van der Waals surface area contributed by atoms with Gasteiger partial charge in [-0.2, -0.15) is 0 Å². The second-order valence-electron chi connectivity index (χ2n) is 3.65. The van der Waals surface area contributed by atoms with Gasteiger partial charge in [0.15, 0.2) is 0 Å². The second-order valence-corrected chi connectivity index (χ2v) is 3.65. The molecule has 1 aromatic rings. The van der Waals surface area contributed by atoms with Crippen LogP contribution in [0.1, 0.15) is 13.8 Å². The van der Waals surface area contributed by atoms with Crippen LogP contribution in [0.4, 0.5) is 10.5 Å². The van der Waals surface area contributed by atoms with Crippen molar-refractivity contribution < 1.29 is 14.3 Å². The van der Waals surface area contributed by atoms with Crippen LogP contribution < -0.4 is 21.1 Å². The molecule has 1 aromatic carbocycles. The van der Waals surface area contributed by atoms with Gasteiger partial charge in [-0.1, -0.05) is 12.1 Å². The summed E-state index contributed by atoms with van der Waals surface area (Å²) in [5, 5.41) is 4.97. The molecule has 0 saturated carbocycles. The van der Waals surface area contributed by atoms with E-state index in [4.69, 9.17) is 10.5 Å². The normalized spacial score (nSPS) is 11.4. The van der Waals surface area contributed by atoms with Crippen LogP contribution in [-0.2, 0) is 4.79 Å². The van der Waals surface area contributed by atoms with Gasteiger partial charge in [0.2, 0.25) is 5.91 Å². The van der Waals surface area contributed by atoms with E-state index in [2.05, 4.69) is 5.32 Å². The molecule has 6 nitrogen and oxygen atoms in total. The molecular formula is C12H17N3O3. The first-order valence-electron chi connectivity index (χ1n) is 5.63. The van der Waals surface area contributed by atoms with E-state index in [1.807, 2.05) is 24.4 Å². The molecule has 1 rings (SSSR count). The number of rotatable bonds is 5. The third kappa shape index (κ3) is 3.97. The maximum atomic E-state index is 11.5. The molecule has 0 aliphatic rings. The number of para-hydroxylation sites is 2. The largest absolute Gasteiger partial charge is 0.492 e. The first-order valence-corrected chi connectivity index (χ1v) is 5.63. The van der Waals surface area contributed by atoms with Crippen LogP contribution >= 0.6 is 0 Å². The van der Waals surface area contributed by atoms with Gasteiger partial charge in [-0.25, -0.2) is 4.79 Å². The number of carbonyl (C=O) groups is 2. The average molecular weight is 251 g/mol. The van der Waals surface area contributed by atoms with Gasteiger partial charge in [-0.15, -0.1) is 0 Å². The molecule has 0 aliphatic carbocycles. The molecule has 6 heteroatoms. The highest BCUT2D eigenvalue weighted by atomic mass is 16.5. The van der Waals surface area contributed by atoms with E-state index in [0.717, 1.165) is 0 Å². The van der Waals surface area contributed by atoms with Crippen molar-refractivity contribution in [2.45, 2.75) is 19.9 Å². The van der Waals surface area contributed by atoms with E-state index in [-0.39, 0.29) is 0 Å². The fourth-order valence-electron chi connectivity index (χ4n) is 1.40. The Hall–Kier alpha value is -2.24. The molecule has 0 spiro atoms. The molecule has 0 fully saturated rings. The van der Waals surface area contributed by atoms with E-state index in [1.165, 1.54) is 0 Å². The van der Waals surface area contributed by atoms with Gasteiger partial charge in [-0.3, -0.25) is 10.1 Å². The minimum absolute atomic E-state index is 0.492. The summed E-state index contributed by atoms with van der Waals surface area (Å²) in [7, 11) is 0. The van der Waals surface area contributed by atoms with Gasteiger partial charge >= 0.3 is 6.03 Å². The summed E-state index contributed by atoms with van der Waals surface area (Å²) in [6.45, 7) is 4.03. The highest BCUT2D eigenvalue weighted by Crippen LogP contribution is 2.24. The maximum absolute atomic E-state index is 11.5. The smallest absolute Gasteiger partial charge is 0.318 e. The number of amides is 3. The predicted octanol–water partition coefficient (Wildman–Crippen LogP) is 1.08. The third-order valence-corrected chi connectivity index (χ3v) is 2.20. The quantitative estimate of drug-likeness (QED) is 0.730. The number of ether oxygens (including phenoxy) is 1. The molecule has 0 heterocycles. The van der Waals surface area contributed by atoms with Crippen LogP contribution in [0.3, 0.4) is 0 Å². The van der Waals surface area contributed by atoms with Crippen LogP contribution in [0.2, 0.25) is 0 Å². The monoisotopic (exact) mass is 251 g/mol. The Balaban J connectivity index is 2.71. The van der Waals surface area contributed by atoms with Gasteiger partial charge < -0.3 is 15.8 Å². The number of hydrogen-bond acceptors (Lipinski definition) is 4. The number of carbonyl (C=O) groups excluding carboxylic acids is 2. The molecule has 3 amide bonds. The number of urea groups is 1. The average Bonchev–Trinajstić information content (AvgIpc) is 2.31. The van der Waals surface area contributed by atoms with Crippen molar-refractivity contribution in [2.75, 3.05) is 11.9 Å². The fourth-order valence-corrected chi connectivity index (χ4v) is 1.40. The highest BCUT2D eigenvalue weighted by molar-refractivity contribution is 5.97. The van der Waals surface area contributed by atoms with E-state index < -0.39 is 18.0 Å². The topological polar surface area (TPSA) is 93.4 Å². The number of imide groups is 1. The number of benzene rings is 1. The number of hydrogen-bond donors (Lipinski definition) is 3. The lowest BCUT2D eigenvalue weighted by Gasteiger charge is -2.16. The Labute approximate surface area is 105 Å². The molecule has 0 aliphatic heterocycles. The summed E-state index contributed by atoms with van der Waals surface area (Å²) in [6, 6.07) is 5.78. The standard InChI is InChI=1S/C12H17N3O3/c1-3-18-10-7-5-4-6-9(10)14-8(2)11(16)15-12(13)17/h4-8,14H,3H2,1-2H3,(H3,13,15,16,17)/t8-/m1/s1. The molecule has 0 bridgehead atoms. The third-order valence-electron chi connectivity index (χ3n) is 2.20. The zero-order valence-electron chi connectivity index (χ0n) is 10.4. The molecular weight excluding hydrogens is 234 g/mol. The Morgan fingerprint density at radius 2 is 2.06 bits per heavy atom. The lowest BCUT2D eigenvalue weighted by atomic mass is 10.2. The van der Waals surface area contributed by atoms with Gasteiger partial charge in [0.25, 0.3) is 0 Å². The van der Waals surface area contributed by atoms with Crippen LogP contribution in [-0.4, -0.2) is 24.6 Å². The summed E-state index contributed by atoms with van der Waals surface area (Å²) < 4.78 is 5.41. The van der Waals surface area contributed by atoms with E-state index >= 15 is 0 Å². The van der Waals surface area contributed by atoms with Crippen LogP contribution in [0.15, 0.2) is 24.3 Å². The van der Waals surface area contributed by atoms with Crippen molar-refractivity contribution >= 4 is 17.6 Å². The van der Waals surface area contributed by atoms with E-state index in [0.29, 0.717) is 18.0 Å². The van der Waals surface area contributed by atoms with E-state index in [9.17, 15) is 9.59 Å². The Bertz CT molecular complexity index is 434. The first-order chi connectivity index (χ1) is 8.54. The lowest BCUT2D eigenvalue weighted by Crippen LogP contribution is -2.43. The van der Waals surface area contributed by atoms with Crippen molar-refractivity contribution in [1.29, 1.82) is 0 Å². The molecule has 0 aromatic heterocycles. The molecule has 0 saturated heterocycles. The fraction of sp³-hybridized carbons (Fsp3) is 0.333. The minimum Gasteiger partial charge on any atom is -0.492 e. The number of anilines is 1. The summed E-state index contributed by atoms with van der Waals surface area (Å²) in [5.74, 6) is 0.160.